The lowest BCUT2D eigenvalue weighted by Crippen LogP contribution is -2.52. The number of ether oxygens (including phenoxy) is 1. The third-order valence-electron chi connectivity index (χ3n) is 3.61. The monoisotopic (exact) mass is 356 g/mol. The third-order valence-corrected chi connectivity index (χ3v) is 3.61. The molecule has 1 aromatic rings. The molecule has 0 radical (unpaired) electrons. The van der Waals surface area contributed by atoms with E-state index in [1.54, 1.807) is 20.8 Å². The number of rotatable bonds is 2. The van der Waals surface area contributed by atoms with Crippen molar-refractivity contribution in [3.63, 3.8) is 0 Å². The summed E-state index contributed by atoms with van der Waals surface area (Å²) in [6, 6.07) is 0.370. The fraction of sp³-hybridized carbons (Fsp3) is 0.412. The Labute approximate surface area is 143 Å². The molecule has 8 heteroatoms. The van der Waals surface area contributed by atoms with E-state index < -0.39 is 52.6 Å². The molecule has 1 aromatic carbocycles. The summed E-state index contributed by atoms with van der Waals surface area (Å²) in [4.78, 5) is 23.9. The number of amides is 2. The number of halogens is 3. The van der Waals surface area contributed by atoms with Gasteiger partial charge in [-0.2, -0.15) is 0 Å². The minimum Gasteiger partial charge on any atom is -0.444 e. The van der Waals surface area contributed by atoms with Gasteiger partial charge in [-0.05, 0) is 39.3 Å². The number of carbonyl (C=O) groups is 2. The molecule has 25 heavy (non-hydrogen) atoms. The van der Waals surface area contributed by atoms with E-state index >= 15 is 0 Å². The lowest BCUT2D eigenvalue weighted by Gasteiger charge is -2.32. The number of allylic oxidation sites excluding steroid dienone is 1. The molecule has 0 aliphatic carbocycles. The standard InChI is InChI=1S/C17H19F3N2O3/c1-8-9(13-10(18)5-6-11(19)14(13)20)7-12(15(23)21-8)22-16(24)25-17(2,3)4/h5-6,9,12H,1,7H2,2-4H3,(H,21,23)(H,22,24)/t9-,12?/m1/s1. The molecular weight excluding hydrogens is 337 g/mol. The van der Waals surface area contributed by atoms with Crippen LogP contribution in [0.3, 0.4) is 0 Å². The predicted molar refractivity (Wildman–Crippen MR) is 84.1 cm³/mol. The van der Waals surface area contributed by atoms with Crippen molar-refractivity contribution in [1.29, 1.82) is 0 Å². The maximum atomic E-state index is 14.0. The van der Waals surface area contributed by atoms with Crippen LogP contribution in [0.1, 0.15) is 38.7 Å². The van der Waals surface area contributed by atoms with Crippen LogP contribution in [-0.4, -0.2) is 23.6 Å². The Morgan fingerprint density at radius 1 is 1.28 bits per heavy atom. The molecule has 1 fully saturated rings. The van der Waals surface area contributed by atoms with Gasteiger partial charge in [0, 0.05) is 17.2 Å². The van der Waals surface area contributed by atoms with Gasteiger partial charge in [-0.15, -0.1) is 0 Å². The van der Waals surface area contributed by atoms with Crippen molar-refractivity contribution in [3.8, 4) is 0 Å². The molecule has 0 aromatic heterocycles. The second-order valence-electron chi connectivity index (χ2n) is 6.76. The lowest BCUT2D eigenvalue weighted by atomic mass is 9.85. The van der Waals surface area contributed by atoms with E-state index in [2.05, 4.69) is 17.2 Å². The van der Waals surface area contributed by atoms with Crippen LogP contribution in [0.25, 0.3) is 0 Å². The highest BCUT2D eigenvalue weighted by Gasteiger charge is 2.37. The normalized spacial score (nSPS) is 20.9. The summed E-state index contributed by atoms with van der Waals surface area (Å²) in [6.07, 6.45) is -1.03. The van der Waals surface area contributed by atoms with Crippen molar-refractivity contribution in [1.82, 2.24) is 10.6 Å². The van der Waals surface area contributed by atoms with Gasteiger partial charge < -0.3 is 15.4 Å². The van der Waals surface area contributed by atoms with E-state index in [1.165, 1.54) is 0 Å². The van der Waals surface area contributed by atoms with Crippen molar-refractivity contribution in [2.75, 3.05) is 0 Å². The zero-order valence-corrected chi connectivity index (χ0v) is 14.1. The molecule has 0 bridgehead atoms. The lowest BCUT2D eigenvalue weighted by molar-refractivity contribution is -0.123. The number of piperidine rings is 1. The van der Waals surface area contributed by atoms with Gasteiger partial charge in [0.25, 0.3) is 0 Å². The molecule has 1 unspecified atom stereocenters. The van der Waals surface area contributed by atoms with Crippen molar-refractivity contribution in [3.05, 3.63) is 47.4 Å². The molecule has 1 aliphatic rings. The Hall–Kier alpha value is -2.51. The van der Waals surface area contributed by atoms with Crippen LogP contribution in [0.5, 0.6) is 0 Å². The summed E-state index contributed by atoms with van der Waals surface area (Å²) in [5, 5.41) is 4.71. The van der Waals surface area contributed by atoms with Gasteiger partial charge in [-0.25, -0.2) is 18.0 Å². The molecule has 0 spiro atoms. The van der Waals surface area contributed by atoms with Crippen LogP contribution in [0.15, 0.2) is 24.4 Å². The third kappa shape index (κ3) is 4.32. The molecular formula is C17H19F3N2O3. The zero-order chi connectivity index (χ0) is 18.9. The van der Waals surface area contributed by atoms with E-state index in [0.717, 1.165) is 6.07 Å². The van der Waals surface area contributed by atoms with Crippen LogP contribution in [-0.2, 0) is 9.53 Å². The van der Waals surface area contributed by atoms with E-state index in [-0.39, 0.29) is 12.1 Å². The van der Waals surface area contributed by atoms with E-state index in [0.29, 0.717) is 6.07 Å². The molecule has 136 valence electrons. The number of alkyl carbamates (subject to hydrolysis) is 1. The fourth-order valence-electron chi connectivity index (χ4n) is 2.55. The Balaban J connectivity index is 2.25. The largest absolute Gasteiger partial charge is 0.444 e. The zero-order valence-electron chi connectivity index (χ0n) is 14.1. The van der Waals surface area contributed by atoms with Gasteiger partial charge in [0.15, 0.2) is 11.6 Å². The summed E-state index contributed by atoms with van der Waals surface area (Å²) in [6.45, 7) is 8.52. The molecule has 1 saturated heterocycles. The van der Waals surface area contributed by atoms with Crippen molar-refractivity contribution >= 4 is 12.0 Å². The first-order valence-electron chi connectivity index (χ1n) is 7.62. The van der Waals surface area contributed by atoms with Crippen molar-refractivity contribution < 1.29 is 27.5 Å². The van der Waals surface area contributed by atoms with Gasteiger partial charge in [0.2, 0.25) is 5.91 Å². The van der Waals surface area contributed by atoms with Gasteiger partial charge in [0.1, 0.15) is 17.5 Å². The molecule has 0 saturated carbocycles. The summed E-state index contributed by atoms with van der Waals surface area (Å²) >= 11 is 0. The smallest absolute Gasteiger partial charge is 0.408 e. The Bertz CT molecular complexity index is 729. The second-order valence-corrected chi connectivity index (χ2v) is 6.76. The number of benzene rings is 1. The number of carbonyl (C=O) groups excluding carboxylic acids is 2. The van der Waals surface area contributed by atoms with Gasteiger partial charge in [-0.1, -0.05) is 6.58 Å². The van der Waals surface area contributed by atoms with Crippen LogP contribution in [0.2, 0.25) is 0 Å². The Kier molecular flexibility index (Phi) is 5.10. The summed E-state index contributed by atoms with van der Waals surface area (Å²) < 4.78 is 46.6. The highest BCUT2D eigenvalue weighted by atomic mass is 19.2. The summed E-state index contributed by atoms with van der Waals surface area (Å²) in [7, 11) is 0. The van der Waals surface area contributed by atoms with E-state index in [1.807, 2.05) is 0 Å². The quantitative estimate of drug-likeness (QED) is 0.800. The van der Waals surface area contributed by atoms with E-state index in [4.69, 9.17) is 4.74 Å². The molecule has 5 nitrogen and oxygen atoms in total. The number of hydrogen-bond acceptors (Lipinski definition) is 3. The second kappa shape index (κ2) is 6.78. The maximum absolute atomic E-state index is 14.0. The minimum atomic E-state index is -1.35. The van der Waals surface area contributed by atoms with Gasteiger partial charge in [0.05, 0.1) is 0 Å². The molecule has 2 rings (SSSR count). The molecule has 1 heterocycles. The fourth-order valence-corrected chi connectivity index (χ4v) is 2.55. The predicted octanol–water partition coefficient (Wildman–Crippen LogP) is 3.11. The summed E-state index contributed by atoms with van der Waals surface area (Å²) in [5.74, 6) is -5.15. The molecule has 2 N–H and O–H groups in total. The first-order chi connectivity index (χ1) is 11.5. The number of hydrogen-bond donors (Lipinski definition) is 2. The van der Waals surface area contributed by atoms with Crippen LogP contribution in [0, 0.1) is 17.5 Å². The topological polar surface area (TPSA) is 67.4 Å². The van der Waals surface area contributed by atoms with Crippen LogP contribution in [0.4, 0.5) is 18.0 Å². The Morgan fingerprint density at radius 3 is 2.48 bits per heavy atom. The maximum Gasteiger partial charge on any atom is 0.408 e. The Morgan fingerprint density at radius 2 is 1.88 bits per heavy atom. The minimum absolute atomic E-state index is 0.0237. The van der Waals surface area contributed by atoms with Gasteiger partial charge in [-0.3, -0.25) is 4.79 Å². The summed E-state index contributed by atoms with van der Waals surface area (Å²) in [5.41, 5.74) is -1.30. The van der Waals surface area contributed by atoms with Crippen LogP contribution >= 0.6 is 0 Å². The molecule has 2 amide bonds. The highest BCUT2D eigenvalue weighted by molar-refractivity contribution is 5.88. The van der Waals surface area contributed by atoms with Crippen molar-refractivity contribution in [2.45, 2.75) is 44.8 Å². The molecule has 2 atom stereocenters. The van der Waals surface area contributed by atoms with Gasteiger partial charge >= 0.3 is 6.09 Å². The van der Waals surface area contributed by atoms with Crippen molar-refractivity contribution in [2.24, 2.45) is 0 Å². The SMILES string of the molecule is C=C1NC(=O)C(NC(=O)OC(C)(C)C)C[C@H]1c1c(F)ccc(F)c1F. The first-order valence-corrected chi connectivity index (χ1v) is 7.62. The highest BCUT2D eigenvalue weighted by Crippen LogP contribution is 2.34. The number of nitrogens with one attached hydrogen (secondary N) is 2. The van der Waals surface area contributed by atoms with Crippen LogP contribution < -0.4 is 10.6 Å². The average molecular weight is 356 g/mol. The molecule has 1 aliphatic heterocycles. The average Bonchev–Trinajstić information content (AvgIpc) is 2.46. The van der Waals surface area contributed by atoms with E-state index in [9.17, 15) is 22.8 Å². The first kappa shape index (κ1) is 18.8.